The SMILES string of the molecule is COC(=O)c1ccc(OC[C@@H](O)Cn2cnc3ccccc32)cc1. The van der Waals surface area contributed by atoms with Gasteiger partial charge in [0.15, 0.2) is 0 Å². The molecule has 0 aliphatic carbocycles. The van der Waals surface area contributed by atoms with Gasteiger partial charge in [0.05, 0.1) is 36.6 Å². The highest BCUT2D eigenvalue weighted by atomic mass is 16.5. The number of carbonyl (C=O) groups is 1. The van der Waals surface area contributed by atoms with Gasteiger partial charge in [0.25, 0.3) is 0 Å². The van der Waals surface area contributed by atoms with Gasteiger partial charge >= 0.3 is 5.97 Å². The maximum Gasteiger partial charge on any atom is 0.337 e. The number of para-hydroxylation sites is 2. The van der Waals surface area contributed by atoms with Gasteiger partial charge in [-0.15, -0.1) is 0 Å². The highest BCUT2D eigenvalue weighted by molar-refractivity contribution is 5.89. The molecule has 1 heterocycles. The van der Waals surface area contributed by atoms with Crippen molar-refractivity contribution in [3.8, 4) is 5.75 Å². The number of ether oxygens (including phenoxy) is 2. The third kappa shape index (κ3) is 3.55. The van der Waals surface area contributed by atoms with Crippen LogP contribution in [-0.4, -0.2) is 40.4 Å². The van der Waals surface area contributed by atoms with E-state index in [0.717, 1.165) is 11.0 Å². The van der Waals surface area contributed by atoms with Crippen LogP contribution in [0.25, 0.3) is 11.0 Å². The predicted molar refractivity (Wildman–Crippen MR) is 89.0 cm³/mol. The highest BCUT2D eigenvalue weighted by Crippen LogP contribution is 2.15. The van der Waals surface area contributed by atoms with E-state index in [-0.39, 0.29) is 6.61 Å². The van der Waals surface area contributed by atoms with Crippen LogP contribution in [-0.2, 0) is 11.3 Å². The van der Waals surface area contributed by atoms with Gasteiger partial charge in [-0.3, -0.25) is 0 Å². The van der Waals surface area contributed by atoms with E-state index in [9.17, 15) is 9.90 Å². The van der Waals surface area contributed by atoms with Crippen molar-refractivity contribution in [2.24, 2.45) is 0 Å². The largest absolute Gasteiger partial charge is 0.491 e. The normalized spacial score (nSPS) is 12.1. The summed E-state index contributed by atoms with van der Waals surface area (Å²) in [6, 6.07) is 14.3. The van der Waals surface area contributed by atoms with E-state index in [0.29, 0.717) is 17.9 Å². The van der Waals surface area contributed by atoms with Crippen LogP contribution < -0.4 is 4.74 Å². The minimum Gasteiger partial charge on any atom is -0.491 e. The molecule has 0 bridgehead atoms. The fourth-order valence-electron chi connectivity index (χ4n) is 2.43. The second-order valence-corrected chi connectivity index (χ2v) is 5.37. The zero-order valence-electron chi connectivity index (χ0n) is 13.3. The number of aromatic nitrogens is 2. The Kier molecular flexibility index (Phi) is 4.77. The van der Waals surface area contributed by atoms with Crippen molar-refractivity contribution < 1.29 is 19.4 Å². The number of aliphatic hydroxyl groups is 1. The minimum absolute atomic E-state index is 0.143. The molecule has 3 aromatic rings. The Bertz CT molecular complexity index is 826. The first kappa shape index (κ1) is 16.0. The molecule has 1 N–H and O–H groups in total. The Morgan fingerprint density at radius 1 is 1.21 bits per heavy atom. The van der Waals surface area contributed by atoms with Crippen LogP contribution in [0, 0.1) is 0 Å². The molecular formula is C18H18N2O4. The third-order valence-electron chi connectivity index (χ3n) is 3.65. The number of nitrogens with zero attached hydrogens (tertiary/aromatic N) is 2. The molecule has 0 fully saturated rings. The first-order valence-electron chi connectivity index (χ1n) is 7.56. The zero-order chi connectivity index (χ0) is 16.9. The summed E-state index contributed by atoms with van der Waals surface area (Å²) in [5.41, 5.74) is 2.32. The molecule has 0 radical (unpaired) electrons. The molecule has 0 aliphatic heterocycles. The van der Waals surface area contributed by atoms with Crippen molar-refractivity contribution >= 4 is 17.0 Å². The summed E-state index contributed by atoms with van der Waals surface area (Å²) in [6.45, 7) is 0.533. The van der Waals surface area contributed by atoms with Crippen LogP contribution in [0.15, 0.2) is 54.9 Å². The van der Waals surface area contributed by atoms with Crippen molar-refractivity contribution in [3.63, 3.8) is 0 Å². The number of methoxy groups -OCH3 is 1. The quantitative estimate of drug-likeness (QED) is 0.703. The number of fused-ring (bicyclic) bond motifs is 1. The van der Waals surface area contributed by atoms with Crippen LogP contribution in [0.2, 0.25) is 0 Å². The number of benzene rings is 2. The Hall–Kier alpha value is -2.86. The van der Waals surface area contributed by atoms with E-state index < -0.39 is 12.1 Å². The molecule has 1 aromatic heterocycles. The van der Waals surface area contributed by atoms with Gasteiger partial charge in [0.1, 0.15) is 18.5 Å². The van der Waals surface area contributed by atoms with Crippen LogP contribution in [0.3, 0.4) is 0 Å². The molecule has 124 valence electrons. The summed E-state index contributed by atoms with van der Waals surface area (Å²) in [5, 5.41) is 10.2. The molecule has 0 spiro atoms. The average Bonchev–Trinajstić information content (AvgIpc) is 3.03. The summed E-state index contributed by atoms with van der Waals surface area (Å²) in [4.78, 5) is 15.7. The topological polar surface area (TPSA) is 73.6 Å². The number of hydrogen-bond acceptors (Lipinski definition) is 5. The van der Waals surface area contributed by atoms with Gasteiger partial charge in [-0.05, 0) is 36.4 Å². The van der Waals surface area contributed by atoms with E-state index in [1.807, 2.05) is 28.8 Å². The predicted octanol–water partition coefficient (Wildman–Crippen LogP) is 2.26. The van der Waals surface area contributed by atoms with Crippen molar-refractivity contribution in [1.29, 1.82) is 0 Å². The number of imidazole rings is 1. The van der Waals surface area contributed by atoms with Gasteiger partial charge in [0.2, 0.25) is 0 Å². The molecule has 0 saturated carbocycles. The molecule has 2 aromatic carbocycles. The molecule has 0 unspecified atom stereocenters. The van der Waals surface area contributed by atoms with Gasteiger partial charge in [-0.1, -0.05) is 12.1 Å². The fraction of sp³-hybridized carbons (Fsp3) is 0.222. The Labute approximate surface area is 139 Å². The Morgan fingerprint density at radius 2 is 1.96 bits per heavy atom. The zero-order valence-corrected chi connectivity index (χ0v) is 13.3. The summed E-state index contributed by atoms with van der Waals surface area (Å²) in [6.07, 6.45) is 1.03. The van der Waals surface area contributed by atoms with E-state index in [1.165, 1.54) is 7.11 Å². The number of aliphatic hydroxyl groups excluding tert-OH is 1. The van der Waals surface area contributed by atoms with Crippen LogP contribution in [0.4, 0.5) is 0 Å². The second kappa shape index (κ2) is 7.14. The first-order valence-corrected chi connectivity index (χ1v) is 7.56. The van der Waals surface area contributed by atoms with Gasteiger partial charge < -0.3 is 19.1 Å². The van der Waals surface area contributed by atoms with Crippen molar-refractivity contribution in [2.75, 3.05) is 13.7 Å². The van der Waals surface area contributed by atoms with Gasteiger partial charge in [-0.25, -0.2) is 9.78 Å². The van der Waals surface area contributed by atoms with Crippen LogP contribution in [0.1, 0.15) is 10.4 Å². The smallest absolute Gasteiger partial charge is 0.337 e. The monoisotopic (exact) mass is 326 g/mol. The lowest BCUT2D eigenvalue weighted by atomic mass is 10.2. The first-order chi connectivity index (χ1) is 11.7. The minimum atomic E-state index is -0.678. The van der Waals surface area contributed by atoms with Gasteiger partial charge in [0, 0.05) is 0 Å². The summed E-state index contributed by atoms with van der Waals surface area (Å²) in [7, 11) is 1.34. The van der Waals surface area contributed by atoms with Crippen molar-refractivity contribution in [1.82, 2.24) is 9.55 Å². The highest BCUT2D eigenvalue weighted by Gasteiger charge is 2.10. The molecule has 3 rings (SSSR count). The van der Waals surface area contributed by atoms with Crippen molar-refractivity contribution in [2.45, 2.75) is 12.6 Å². The third-order valence-corrected chi connectivity index (χ3v) is 3.65. The maximum atomic E-state index is 11.4. The lowest BCUT2D eigenvalue weighted by molar-refractivity contribution is 0.0600. The van der Waals surface area contributed by atoms with E-state index >= 15 is 0 Å². The second-order valence-electron chi connectivity index (χ2n) is 5.37. The van der Waals surface area contributed by atoms with Crippen LogP contribution >= 0.6 is 0 Å². The molecule has 1 atom stereocenters. The molecule has 0 aliphatic rings. The van der Waals surface area contributed by atoms with E-state index in [4.69, 9.17) is 4.74 Å². The van der Waals surface area contributed by atoms with E-state index in [1.54, 1.807) is 30.6 Å². The Balaban J connectivity index is 1.57. The number of esters is 1. The average molecular weight is 326 g/mol. The maximum absolute atomic E-state index is 11.4. The summed E-state index contributed by atoms with van der Waals surface area (Å²) >= 11 is 0. The summed E-state index contributed by atoms with van der Waals surface area (Å²) in [5.74, 6) is 0.186. The standard InChI is InChI=1S/C18H18N2O4/c1-23-18(22)13-6-8-15(9-7-13)24-11-14(21)10-20-12-19-16-4-2-3-5-17(16)20/h2-9,12,14,21H,10-11H2,1H3/t14-/m0/s1. The molecule has 6 heteroatoms. The van der Waals surface area contributed by atoms with E-state index in [2.05, 4.69) is 9.72 Å². The lowest BCUT2D eigenvalue weighted by Gasteiger charge is -2.13. The van der Waals surface area contributed by atoms with Gasteiger partial charge in [-0.2, -0.15) is 0 Å². The molecule has 24 heavy (non-hydrogen) atoms. The molecule has 6 nitrogen and oxygen atoms in total. The molecule has 0 saturated heterocycles. The lowest BCUT2D eigenvalue weighted by Crippen LogP contribution is -2.23. The van der Waals surface area contributed by atoms with Crippen molar-refractivity contribution in [3.05, 3.63) is 60.4 Å². The number of carbonyl (C=O) groups excluding carboxylic acids is 1. The summed E-state index contributed by atoms with van der Waals surface area (Å²) < 4.78 is 12.1. The Morgan fingerprint density at radius 3 is 2.71 bits per heavy atom. The van der Waals surface area contributed by atoms with Crippen LogP contribution in [0.5, 0.6) is 5.75 Å². The number of hydrogen-bond donors (Lipinski definition) is 1. The molecule has 0 amide bonds. The number of rotatable bonds is 6. The molecular weight excluding hydrogens is 308 g/mol. The fourth-order valence-corrected chi connectivity index (χ4v) is 2.43.